The van der Waals surface area contributed by atoms with Gasteiger partial charge in [-0.3, -0.25) is 5.21 Å². The van der Waals surface area contributed by atoms with Crippen LogP contribution in [0.5, 0.6) is 0 Å². The lowest BCUT2D eigenvalue weighted by atomic mass is 10.2. The van der Waals surface area contributed by atoms with Crippen molar-refractivity contribution in [3.8, 4) is 0 Å². The molecule has 0 atom stereocenters. The molecule has 10 heavy (non-hydrogen) atoms. The number of hydrogen-bond acceptors (Lipinski definition) is 1. The summed E-state index contributed by atoms with van der Waals surface area (Å²) in [5, 5.41) is 8.84. The highest BCUT2D eigenvalue weighted by molar-refractivity contribution is 5.06. The highest BCUT2D eigenvalue weighted by atomic mass is 16.5. The molecule has 1 aromatic heterocycles. The fraction of sp³-hybridized carbons (Fsp3) is 0.375. The van der Waals surface area contributed by atoms with E-state index in [0.29, 0.717) is 0 Å². The Morgan fingerprint density at radius 2 is 2.00 bits per heavy atom. The number of aryl methyl sites for hydroxylation is 1. The molecule has 0 amide bonds. The van der Waals surface area contributed by atoms with Crippen LogP contribution in [0.2, 0.25) is 0 Å². The van der Waals surface area contributed by atoms with Crippen molar-refractivity contribution in [3.05, 3.63) is 30.1 Å². The van der Waals surface area contributed by atoms with E-state index in [0.717, 1.165) is 17.6 Å². The Kier molecular flexibility index (Phi) is 2.26. The first kappa shape index (κ1) is 7.06. The zero-order valence-electron chi connectivity index (χ0n) is 6.12. The van der Waals surface area contributed by atoms with Crippen molar-refractivity contribution in [1.29, 1.82) is 0 Å². The van der Waals surface area contributed by atoms with Crippen LogP contribution in [-0.2, 0) is 6.42 Å². The molecule has 0 aliphatic rings. The van der Waals surface area contributed by atoms with Gasteiger partial charge in [0.2, 0.25) is 12.4 Å². The van der Waals surface area contributed by atoms with E-state index < -0.39 is 0 Å². The van der Waals surface area contributed by atoms with E-state index in [1.165, 1.54) is 5.56 Å². The summed E-state index contributed by atoms with van der Waals surface area (Å²) >= 11 is 0. The van der Waals surface area contributed by atoms with Crippen molar-refractivity contribution in [1.82, 2.24) is 0 Å². The van der Waals surface area contributed by atoms with Crippen LogP contribution in [0.1, 0.15) is 18.9 Å². The van der Waals surface area contributed by atoms with Crippen molar-refractivity contribution in [2.24, 2.45) is 0 Å². The molecule has 0 radical (unpaired) electrons. The van der Waals surface area contributed by atoms with Gasteiger partial charge < -0.3 is 0 Å². The van der Waals surface area contributed by atoms with Crippen molar-refractivity contribution in [2.75, 3.05) is 0 Å². The van der Waals surface area contributed by atoms with Crippen LogP contribution in [0.3, 0.4) is 0 Å². The second-order valence-electron chi connectivity index (χ2n) is 2.34. The molecule has 0 aliphatic heterocycles. The molecule has 1 N–H and O–H groups in total. The number of hydrogen-bond donors (Lipinski definition) is 1. The summed E-state index contributed by atoms with van der Waals surface area (Å²) in [4.78, 5) is 0. The summed E-state index contributed by atoms with van der Waals surface area (Å²) < 4.78 is 1.05. The highest BCUT2D eigenvalue weighted by Crippen LogP contribution is 1.97. The number of nitrogens with zero attached hydrogens (tertiary/aromatic N) is 1. The maximum Gasteiger partial charge on any atom is 0.222 e. The molecule has 0 spiro atoms. The van der Waals surface area contributed by atoms with E-state index >= 15 is 0 Å². The minimum atomic E-state index is 1.05. The predicted octanol–water partition coefficient (Wildman–Crippen LogP) is 1.16. The fourth-order valence-electron chi connectivity index (χ4n) is 0.905. The summed E-state index contributed by atoms with van der Waals surface area (Å²) in [5.41, 5.74) is 1.27. The molecule has 0 bridgehead atoms. The molecule has 0 fully saturated rings. The van der Waals surface area contributed by atoms with Crippen LogP contribution in [-0.4, -0.2) is 5.21 Å². The second kappa shape index (κ2) is 3.20. The Balaban J connectivity index is 2.69. The maximum atomic E-state index is 8.84. The topological polar surface area (TPSA) is 24.1 Å². The first-order chi connectivity index (χ1) is 4.83. The van der Waals surface area contributed by atoms with Crippen molar-refractivity contribution in [2.45, 2.75) is 19.8 Å². The molecule has 2 nitrogen and oxygen atoms in total. The Labute approximate surface area is 60.7 Å². The number of aromatic nitrogens is 1. The smallest absolute Gasteiger partial charge is 0.222 e. The highest BCUT2D eigenvalue weighted by Gasteiger charge is 1.94. The van der Waals surface area contributed by atoms with E-state index in [4.69, 9.17) is 5.21 Å². The van der Waals surface area contributed by atoms with Gasteiger partial charge in [-0.25, -0.2) is 0 Å². The standard InChI is InChI=1S/C8H12NO/c1-2-3-8-4-6-9(10)7-5-8/h4-7,10H,2-3H2,1H3/q+1. The summed E-state index contributed by atoms with van der Waals surface area (Å²) in [6.45, 7) is 2.14. The molecule has 2 heteroatoms. The van der Waals surface area contributed by atoms with Crippen LogP contribution in [0.15, 0.2) is 24.5 Å². The Bertz CT molecular complexity index is 193. The summed E-state index contributed by atoms with van der Waals surface area (Å²) in [5.74, 6) is 0. The third kappa shape index (κ3) is 1.72. The number of pyridine rings is 1. The van der Waals surface area contributed by atoms with Gasteiger partial charge in [0, 0.05) is 16.9 Å². The molecular formula is C8H12NO+. The van der Waals surface area contributed by atoms with E-state index in [9.17, 15) is 0 Å². The molecule has 1 aromatic rings. The summed E-state index contributed by atoms with van der Waals surface area (Å²) in [6, 6.07) is 3.84. The first-order valence-corrected chi connectivity index (χ1v) is 3.52. The van der Waals surface area contributed by atoms with Crippen molar-refractivity contribution in [3.63, 3.8) is 0 Å². The largest absolute Gasteiger partial charge is 0.285 e. The van der Waals surface area contributed by atoms with Gasteiger partial charge >= 0.3 is 0 Å². The fourth-order valence-corrected chi connectivity index (χ4v) is 0.905. The monoisotopic (exact) mass is 138 g/mol. The Morgan fingerprint density at radius 1 is 1.40 bits per heavy atom. The van der Waals surface area contributed by atoms with Crippen LogP contribution >= 0.6 is 0 Å². The van der Waals surface area contributed by atoms with Gasteiger partial charge in [-0.15, -0.1) is 0 Å². The molecule has 0 saturated carbocycles. The van der Waals surface area contributed by atoms with Crippen LogP contribution in [0.4, 0.5) is 0 Å². The Hall–Kier alpha value is -1.05. The normalized spacial score (nSPS) is 9.70. The average Bonchev–Trinajstić information content (AvgIpc) is 1.95. The van der Waals surface area contributed by atoms with E-state index in [-0.39, 0.29) is 0 Å². The SMILES string of the molecule is CCCc1cc[n+](O)cc1. The van der Waals surface area contributed by atoms with Gasteiger partial charge in [0.25, 0.3) is 0 Å². The molecule has 1 rings (SSSR count). The van der Waals surface area contributed by atoms with Gasteiger partial charge in [0.1, 0.15) is 0 Å². The van der Waals surface area contributed by atoms with E-state index in [1.54, 1.807) is 12.4 Å². The third-order valence-electron chi connectivity index (χ3n) is 1.42. The van der Waals surface area contributed by atoms with E-state index in [1.807, 2.05) is 12.1 Å². The first-order valence-electron chi connectivity index (χ1n) is 3.52. The van der Waals surface area contributed by atoms with Crippen LogP contribution in [0, 0.1) is 0 Å². The second-order valence-corrected chi connectivity index (χ2v) is 2.34. The van der Waals surface area contributed by atoms with Crippen LogP contribution in [0.25, 0.3) is 0 Å². The summed E-state index contributed by atoms with van der Waals surface area (Å²) in [6.07, 6.45) is 5.52. The quantitative estimate of drug-likeness (QED) is 0.481. The number of rotatable bonds is 2. The summed E-state index contributed by atoms with van der Waals surface area (Å²) in [7, 11) is 0. The van der Waals surface area contributed by atoms with Gasteiger partial charge in [0.05, 0.1) is 0 Å². The molecular weight excluding hydrogens is 126 g/mol. The minimum absolute atomic E-state index is 1.05. The van der Waals surface area contributed by atoms with Gasteiger partial charge in [-0.1, -0.05) is 13.3 Å². The van der Waals surface area contributed by atoms with E-state index in [2.05, 4.69) is 6.92 Å². The van der Waals surface area contributed by atoms with Crippen LogP contribution < -0.4 is 4.73 Å². The zero-order chi connectivity index (χ0) is 7.40. The zero-order valence-corrected chi connectivity index (χ0v) is 6.12. The minimum Gasteiger partial charge on any atom is -0.285 e. The lowest BCUT2D eigenvalue weighted by Gasteiger charge is -1.92. The van der Waals surface area contributed by atoms with Gasteiger partial charge in [-0.2, -0.15) is 0 Å². The molecule has 0 unspecified atom stereocenters. The van der Waals surface area contributed by atoms with Gasteiger partial charge in [-0.05, 0) is 12.0 Å². The molecule has 0 aromatic carbocycles. The Morgan fingerprint density at radius 3 is 2.50 bits per heavy atom. The average molecular weight is 138 g/mol. The molecule has 0 saturated heterocycles. The van der Waals surface area contributed by atoms with Crippen molar-refractivity contribution < 1.29 is 9.94 Å². The molecule has 1 heterocycles. The third-order valence-corrected chi connectivity index (χ3v) is 1.42. The van der Waals surface area contributed by atoms with Crippen molar-refractivity contribution >= 4 is 0 Å². The van der Waals surface area contributed by atoms with Gasteiger partial charge in [0.15, 0.2) is 0 Å². The lowest BCUT2D eigenvalue weighted by Crippen LogP contribution is -2.27. The predicted molar refractivity (Wildman–Crippen MR) is 37.8 cm³/mol. The lowest BCUT2D eigenvalue weighted by molar-refractivity contribution is -0.904. The molecule has 54 valence electrons. The maximum absolute atomic E-state index is 8.84. The molecule has 0 aliphatic carbocycles.